The summed E-state index contributed by atoms with van der Waals surface area (Å²) in [7, 11) is 0. The second kappa shape index (κ2) is 6.36. The number of pyridine rings is 1. The highest BCUT2D eigenvalue weighted by Gasteiger charge is 2.25. The first-order valence-electron chi connectivity index (χ1n) is 6.34. The number of aromatic hydroxyl groups is 1. The smallest absolute Gasteiger partial charge is 0.308 e. The molecule has 1 aromatic rings. The van der Waals surface area contributed by atoms with Crippen molar-refractivity contribution in [2.45, 2.75) is 27.2 Å². The van der Waals surface area contributed by atoms with Crippen molar-refractivity contribution in [3.05, 3.63) is 24.0 Å². The Labute approximate surface area is 117 Å². The van der Waals surface area contributed by atoms with E-state index in [-0.39, 0.29) is 23.3 Å². The molecule has 0 saturated carbocycles. The topological polar surface area (TPSA) is 99.5 Å². The fourth-order valence-corrected chi connectivity index (χ4v) is 1.86. The third-order valence-corrected chi connectivity index (χ3v) is 2.70. The molecule has 3 N–H and O–H groups in total. The summed E-state index contributed by atoms with van der Waals surface area (Å²) in [5.41, 5.74) is 0.0604. The van der Waals surface area contributed by atoms with Gasteiger partial charge >= 0.3 is 5.97 Å². The van der Waals surface area contributed by atoms with Gasteiger partial charge in [-0.15, -0.1) is 0 Å². The Morgan fingerprint density at radius 1 is 1.35 bits per heavy atom. The number of carbonyl (C=O) groups is 2. The Balaban J connectivity index is 2.64. The summed E-state index contributed by atoms with van der Waals surface area (Å²) >= 11 is 0. The molecule has 0 radical (unpaired) electrons. The van der Waals surface area contributed by atoms with Crippen molar-refractivity contribution in [3.63, 3.8) is 0 Å². The minimum Gasteiger partial charge on any atom is -0.506 e. The summed E-state index contributed by atoms with van der Waals surface area (Å²) in [5.74, 6) is -2.14. The van der Waals surface area contributed by atoms with Gasteiger partial charge in [-0.2, -0.15) is 0 Å². The van der Waals surface area contributed by atoms with Crippen molar-refractivity contribution in [3.8, 4) is 5.75 Å². The van der Waals surface area contributed by atoms with E-state index in [1.54, 1.807) is 0 Å². The SMILES string of the molecule is CC(C)(C)CC(CNC(=O)c1cncc(O)c1)C(=O)O. The van der Waals surface area contributed by atoms with Crippen LogP contribution in [-0.4, -0.2) is 33.6 Å². The van der Waals surface area contributed by atoms with E-state index in [9.17, 15) is 14.7 Å². The summed E-state index contributed by atoms with van der Waals surface area (Å²) in [5, 5.41) is 21.0. The van der Waals surface area contributed by atoms with Gasteiger partial charge in [-0.25, -0.2) is 0 Å². The summed E-state index contributed by atoms with van der Waals surface area (Å²) < 4.78 is 0. The van der Waals surface area contributed by atoms with E-state index in [0.29, 0.717) is 6.42 Å². The average Bonchev–Trinajstić information content (AvgIpc) is 2.32. The molecule has 0 aliphatic heterocycles. The summed E-state index contributed by atoms with van der Waals surface area (Å²) in [6.45, 7) is 5.89. The molecule has 110 valence electrons. The Hall–Kier alpha value is -2.11. The lowest BCUT2D eigenvalue weighted by molar-refractivity contribution is -0.142. The lowest BCUT2D eigenvalue weighted by atomic mass is 9.84. The molecule has 0 bridgehead atoms. The van der Waals surface area contributed by atoms with E-state index in [2.05, 4.69) is 10.3 Å². The van der Waals surface area contributed by atoms with Gasteiger partial charge in [0.05, 0.1) is 17.7 Å². The highest BCUT2D eigenvalue weighted by atomic mass is 16.4. The van der Waals surface area contributed by atoms with Crippen LogP contribution in [0, 0.1) is 11.3 Å². The van der Waals surface area contributed by atoms with Gasteiger partial charge in [-0.3, -0.25) is 14.6 Å². The van der Waals surface area contributed by atoms with Gasteiger partial charge in [-0.05, 0) is 17.9 Å². The Bertz CT molecular complexity index is 494. The van der Waals surface area contributed by atoms with Crippen LogP contribution in [0.5, 0.6) is 5.75 Å². The molecule has 6 nitrogen and oxygen atoms in total. The molecule has 1 amide bonds. The summed E-state index contributed by atoms with van der Waals surface area (Å²) in [4.78, 5) is 26.7. The third kappa shape index (κ3) is 5.26. The molecule has 0 fully saturated rings. The standard InChI is InChI=1S/C14H20N2O4/c1-14(2,3)5-10(13(19)20)7-16-12(18)9-4-11(17)8-15-6-9/h4,6,8,10,17H,5,7H2,1-3H3,(H,16,18)(H,19,20). The van der Waals surface area contributed by atoms with E-state index in [1.165, 1.54) is 18.5 Å². The maximum Gasteiger partial charge on any atom is 0.308 e. The van der Waals surface area contributed by atoms with Gasteiger partial charge in [-0.1, -0.05) is 20.8 Å². The lowest BCUT2D eigenvalue weighted by Gasteiger charge is -2.23. The van der Waals surface area contributed by atoms with E-state index >= 15 is 0 Å². The molecule has 0 aromatic carbocycles. The number of amides is 1. The molecule has 20 heavy (non-hydrogen) atoms. The van der Waals surface area contributed by atoms with Crippen molar-refractivity contribution in [2.24, 2.45) is 11.3 Å². The number of carboxylic acid groups (broad SMARTS) is 1. The number of aliphatic carboxylic acids is 1. The molecule has 1 aromatic heterocycles. The van der Waals surface area contributed by atoms with Crippen LogP contribution in [0.2, 0.25) is 0 Å². The summed E-state index contributed by atoms with van der Waals surface area (Å²) in [6.07, 6.45) is 2.99. The van der Waals surface area contributed by atoms with Crippen LogP contribution in [0.15, 0.2) is 18.5 Å². The number of aromatic nitrogens is 1. The maximum atomic E-state index is 11.8. The number of rotatable bonds is 5. The average molecular weight is 280 g/mol. The van der Waals surface area contributed by atoms with E-state index in [4.69, 9.17) is 5.11 Å². The molecule has 6 heteroatoms. The van der Waals surface area contributed by atoms with Gasteiger partial charge in [0, 0.05) is 12.7 Å². The van der Waals surface area contributed by atoms with Crippen LogP contribution in [0.4, 0.5) is 0 Å². The van der Waals surface area contributed by atoms with Gasteiger partial charge in [0.1, 0.15) is 5.75 Å². The lowest BCUT2D eigenvalue weighted by Crippen LogP contribution is -2.35. The van der Waals surface area contributed by atoms with Crippen LogP contribution < -0.4 is 5.32 Å². The van der Waals surface area contributed by atoms with Crippen molar-refractivity contribution >= 4 is 11.9 Å². The Morgan fingerprint density at radius 2 is 2.00 bits per heavy atom. The zero-order chi connectivity index (χ0) is 15.3. The number of hydrogen-bond donors (Lipinski definition) is 3. The zero-order valence-corrected chi connectivity index (χ0v) is 11.9. The number of carboxylic acids is 1. The van der Waals surface area contributed by atoms with Crippen molar-refractivity contribution in [2.75, 3.05) is 6.54 Å². The largest absolute Gasteiger partial charge is 0.506 e. The van der Waals surface area contributed by atoms with Gasteiger partial charge < -0.3 is 15.5 Å². The quantitative estimate of drug-likeness (QED) is 0.761. The van der Waals surface area contributed by atoms with Crippen LogP contribution in [0.3, 0.4) is 0 Å². The molecule has 0 saturated heterocycles. The molecular formula is C14H20N2O4. The monoisotopic (exact) mass is 280 g/mol. The normalized spacial score (nSPS) is 12.8. The van der Waals surface area contributed by atoms with Gasteiger partial charge in [0.25, 0.3) is 5.91 Å². The first kappa shape index (κ1) is 15.9. The van der Waals surface area contributed by atoms with Crippen LogP contribution in [-0.2, 0) is 4.79 Å². The van der Waals surface area contributed by atoms with E-state index in [0.717, 1.165) is 0 Å². The van der Waals surface area contributed by atoms with Crippen molar-refractivity contribution in [1.29, 1.82) is 0 Å². The number of carbonyl (C=O) groups excluding carboxylic acids is 1. The molecule has 1 rings (SSSR count). The summed E-state index contributed by atoms with van der Waals surface area (Å²) in [6, 6.07) is 1.28. The van der Waals surface area contributed by atoms with Crippen LogP contribution in [0.1, 0.15) is 37.6 Å². The van der Waals surface area contributed by atoms with Crippen LogP contribution in [0.25, 0.3) is 0 Å². The minimum absolute atomic E-state index is 0.0428. The molecular weight excluding hydrogens is 260 g/mol. The molecule has 0 aliphatic carbocycles. The zero-order valence-electron chi connectivity index (χ0n) is 11.9. The fraction of sp³-hybridized carbons (Fsp3) is 0.500. The molecule has 1 atom stereocenters. The first-order valence-corrected chi connectivity index (χ1v) is 6.34. The van der Waals surface area contributed by atoms with Gasteiger partial charge in [0.15, 0.2) is 0 Å². The maximum absolute atomic E-state index is 11.8. The fourth-order valence-electron chi connectivity index (χ4n) is 1.86. The number of nitrogens with one attached hydrogen (secondary N) is 1. The second-order valence-corrected chi connectivity index (χ2v) is 5.94. The molecule has 0 spiro atoms. The van der Waals surface area contributed by atoms with E-state index in [1.807, 2.05) is 20.8 Å². The minimum atomic E-state index is -0.936. The molecule has 1 heterocycles. The number of hydrogen-bond acceptors (Lipinski definition) is 4. The van der Waals surface area contributed by atoms with Gasteiger partial charge in [0.2, 0.25) is 0 Å². The second-order valence-electron chi connectivity index (χ2n) is 5.94. The predicted molar refractivity (Wildman–Crippen MR) is 73.4 cm³/mol. The third-order valence-electron chi connectivity index (χ3n) is 2.70. The Morgan fingerprint density at radius 3 is 2.50 bits per heavy atom. The Kier molecular flexibility index (Phi) is 5.07. The van der Waals surface area contributed by atoms with Crippen LogP contribution >= 0.6 is 0 Å². The highest BCUT2D eigenvalue weighted by Crippen LogP contribution is 2.24. The number of nitrogens with zero attached hydrogens (tertiary/aromatic N) is 1. The predicted octanol–water partition coefficient (Wildman–Crippen LogP) is 1.65. The molecule has 0 aliphatic rings. The van der Waals surface area contributed by atoms with Crippen molar-refractivity contribution in [1.82, 2.24) is 10.3 Å². The van der Waals surface area contributed by atoms with E-state index < -0.39 is 17.8 Å². The van der Waals surface area contributed by atoms with Crippen molar-refractivity contribution < 1.29 is 19.8 Å². The highest BCUT2D eigenvalue weighted by molar-refractivity contribution is 5.94. The molecule has 1 unspecified atom stereocenters. The first-order chi connectivity index (χ1) is 9.19.